The molecule has 0 unspecified atom stereocenters. The van der Waals surface area contributed by atoms with Gasteiger partial charge in [0.1, 0.15) is 17.4 Å². The van der Waals surface area contributed by atoms with Gasteiger partial charge in [-0.05, 0) is 37.6 Å². The van der Waals surface area contributed by atoms with Gasteiger partial charge in [-0.2, -0.15) is 10.3 Å². The molecular formula is C24H20N6O5. The number of hydrogen-bond donors (Lipinski definition) is 0. The second-order valence-corrected chi connectivity index (χ2v) is 7.50. The molecule has 0 bridgehead atoms. The maximum Gasteiger partial charge on any atom is 0.279 e. The number of nitro groups is 1. The summed E-state index contributed by atoms with van der Waals surface area (Å²) in [4.78, 5) is 45.4. The minimum Gasteiger partial charge on any atom is -0.382 e. The second-order valence-electron chi connectivity index (χ2n) is 7.50. The van der Waals surface area contributed by atoms with E-state index in [1.165, 1.54) is 28.7 Å². The number of pyridine rings is 2. The molecule has 3 heterocycles. The first kappa shape index (κ1) is 23.5. The van der Waals surface area contributed by atoms with Crippen LogP contribution in [0.1, 0.15) is 29.3 Å². The Labute approximate surface area is 198 Å². The predicted octanol–water partition coefficient (Wildman–Crippen LogP) is 2.60. The van der Waals surface area contributed by atoms with E-state index in [9.17, 15) is 25.0 Å². The molecule has 35 heavy (non-hydrogen) atoms. The van der Waals surface area contributed by atoms with E-state index in [1.807, 2.05) is 13.0 Å². The largest absolute Gasteiger partial charge is 0.382 e. The van der Waals surface area contributed by atoms with Gasteiger partial charge in [0.05, 0.1) is 15.9 Å². The Kier molecular flexibility index (Phi) is 6.75. The summed E-state index contributed by atoms with van der Waals surface area (Å²) in [5.74, 6) is -0.763. The van der Waals surface area contributed by atoms with Gasteiger partial charge in [0, 0.05) is 43.7 Å². The summed E-state index contributed by atoms with van der Waals surface area (Å²) in [5, 5.41) is 21.1. The molecular weight excluding hydrogens is 452 g/mol. The number of aryl methyl sites for hydroxylation is 1. The fraction of sp³-hybridized carbons (Fsp3) is 0.208. The molecule has 0 N–H and O–H groups in total. The number of carbonyl (C=O) groups excluding carboxylic acids is 1. The Hall–Kier alpha value is -4.69. The fourth-order valence-corrected chi connectivity index (χ4v) is 3.67. The summed E-state index contributed by atoms with van der Waals surface area (Å²) in [6.45, 7) is 3.07. The summed E-state index contributed by atoms with van der Waals surface area (Å²) in [7, 11) is 0. The number of nitriles is 1. The van der Waals surface area contributed by atoms with Gasteiger partial charge in [0.25, 0.3) is 17.2 Å². The van der Waals surface area contributed by atoms with Crippen molar-refractivity contribution < 1.29 is 14.5 Å². The first-order valence-electron chi connectivity index (χ1n) is 10.8. The van der Waals surface area contributed by atoms with Gasteiger partial charge in [-0.3, -0.25) is 24.1 Å². The first-order chi connectivity index (χ1) is 16.9. The third-order valence-corrected chi connectivity index (χ3v) is 5.30. The molecule has 0 saturated heterocycles. The molecule has 0 saturated carbocycles. The molecule has 0 fully saturated rings. The Bertz CT molecular complexity index is 1630. The lowest BCUT2D eigenvalue weighted by Gasteiger charge is -2.13. The number of non-ortho nitro benzene ring substituents is 1. The lowest BCUT2D eigenvalue weighted by molar-refractivity contribution is -0.384. The van der Waals surface area contributed by atoms with Crippen molar-refractivity contribution >= 4 is 28.3 Å². The van der Waals surface area contributed by atoms with Crippen LogP contribution in [0, 0.1) is 21.4 Å². The van der Waals surface area contributed by atoms with Crippen LogP contribution in [0.25, 0.3) is 16.7 Å². The van der Waals surface area contributed by atoms with Crippen LogP contribution in [0.3, 0.4) is 0 Å². The Morgan fingerprint density at radius 2 is 2.09 bits per heavy atom. The van der Waals surface area contributed by atoms with E-state index < -0.39 is 10.8 Å². The van der Waals surface area contributed by atoms with E-state index in [-0.39, 0.29) is 45.4 Å². The van der Waals surface area contributed by atoms with Gasteiger partial charge >= 0.3 is 0 Å². The summed E-state index contributed by atoms with van der Waals surface area (Å²) < 4.78 is 8.34. The molecule has 3 aromatic heterocycles. The van der Waals surface area contributed by atoms with Crippen molar-refractivity contribution in [2.75, 3.05) is 13.2 Å². The molecule has 11 nitrogen and oxygen atoms in total. The zero-order chi connectivity index (χ0) is 24.9. The van der Waals surface area contributed by atoms with Crippen molar-refractivity contribution in [2.24, 2.45) is 4.99 Å². The van der Waals surface area contributed by atoms with Gasteiger partial charge in [0.2, 0.25) is 0 Å². The topological polar surface area (TPSA) is 145 Å². The maximum atomic E-state index is 13.2. The highest BCUT2D eigenvalue weighted by Crippen LogP contribution is 2.15. The third-order valence-electron chi connectivity index (χ3n) is 5.30. The van der Waals surface area contributed by atoms with E-state index in [4.69, 9.17) is 4.74 Å². The highest BCUT2D eigenvalue weighted by molar-refractivity contribution is 5.95. The highest BCUT2D eigenvalue weighted by Gasteiger charge is 2.16. The summed E-state index contributed by atoms with van der Waals surface area (Å²) in [6, 6.07) is 13.7. The molecule has 1 aromatic carbocycles. The zero-order valence-corrected chi connectivity index (χ0v) is 18.7. The lowest BCUT2D eigenvalue weighted by atomic mass is 10.2. The number of rotatable bonds is 7. The Balaban J connectivity index is 1.99. The second kappa shape index (κ2) is 10.1. The average Bonchev–Trinajstić information content (AvgIpc) is 2.87. The maximum absolute atomic E-state index is 13.2. The summed E-state index contributed by atoms with van der Waals surface area (Å²) >= 11 is 0. The number of fused-ring (bicyclic) bond motifs is 2. The minimum atomic E-state index is -0.763. The normalized spacial score (nSPS) is 11.6. The van der Waals surface area contributed by atoms with E-state index in [0.717, 1.165) is 6.07 Å². The van der Waals surface area contributed by atoms with Crippen molar-refractivity contribution in [2.45, 2.75) is 19.9 Å². The van der Waals surface area contributed by atoms with Crippen LogP contribution < -0.4 is 11.0 Å². The van der Waals surface area contributed by atoms with Gasteiger partial charge in [-0.15, -0.1) is 0 Å². The predicted molar refractivity (Wildman–Crippen MR) is 126 cm³/mol. The number of ether oxygens (including phenoxy) is 1. The average molecular weight is 472 g/mol. The van der Waals surface area contributed by atoms with E-state index in [0.29, 0.717) is 25.3 Å². The van der Waals surface area contributed by atoms with Crippen LogP contribution in [0.4, 0.5) is 5.69 Å². The van der Waals surface area contributed by atoms with Crippen LogP contribution in [0.15, 0.2) is 64.5 Å². The number of aromatic nitrogens is 3. The standard InChI is InChI=1S/C24H20N6O5/c1-2-35-12-6-11-29-21(27-23(31)16-7-5-8-18(13-16)30(33)34)17(15-25)14-19-22(29)26-20-9-3-4-10-28(20)24(19)32/h3-5,7-10,13-14H,2,6,11-12H2,1H3. The molecule has 4 aromatic rings. The van der Waals surface area contributed by atoms with Crippen molar-refractivity contribution in [1.82, 2.24) is 14.0 Å². The van der Waals surface area contributed by atoms with Crippen LogP contribution >= 0.6 is 0 Å². The number of amides is 1. The first-order valence-corrected chi connectivity index (χ1v) is 10.8. The van der Waals surface area contributed by atoms with Crippen LogP contribution in [-0.4, -0.2) is 38.0 Å². The quantitative estimate of drug-likeness (QED) is 0.174. The summed E-state index contributed by atoms with van der Waals surface area (Å²) in [5.41, 5.74) is 0.0535. The molecule has 11 heteroatoms. The van der Waals surface area contributed by atoms with Gasteiger partial charge in [-0.25, -0.2) is 4.98 Å². The van der Waals surface area contributed by atoms with Crippen molar-refractivity contribution in [3.8, 4) is 6.07 Å². The monoisotopic (exact) mass is 472 g/mol. The molecule has 0 aliphatic rings. The number of nitrogens with zero attached hydrogens (tertiary/aromatic N) is 6. The van der Waals surface area contributed by atoms with E-state index in [1.54, 1.807) is 29.0 Å². The van der Waals surface area contributed by atoms with Gasteiger partial charge in [-0.1, -0.05) is 12.1 Å². The SMILES string of the molecule is CCOCCCn1c(=NC(=O)c2cccc([N+](=O)[O-])c2)c(C#N)cc2c(=O)n3ccccc3nc21. The van der Waals surface area contributed by atoms with E-state index >= 15 is 0 Å². The number of nitro benzene ring substituents is 1. The van der Waals surface area contributed by atoms with Gasteiger partial charge < -0.3 is 9.30 Å². The minimum absolute atomic E-state index is 0.00229. The van der Waals surface area contributed by atoms with Crippen molar-refractivity contribution in [3.63, 3.8) is 0 Å². The number of benzene rings is 1. The van der Waals surface area contributed by atoms with E-state index in [2.05, 4.69) is 9.98 Å². The Morgan fingerprint density at radius 3 is 2.83 bits per heavy atom. The van der Waals surface area contributed by atoms with Crippen LogP contribution in [0.5, 0.6) is 0 Å². The smallest absolute Gasteiger partial charge is 0.279 e. The highest BCUT2D eigenvalue weighted by atomic mass is 16.6. The van der Waals surface area contributed by atoms with Crippen molar-refractivity contribution in [3.05, 3.63) is 91.8 Å². The third kappa shape index (κ3) is 4.68. The Morgan fingerprint density at radius 1 is 1.26 bits per heavy atom. The van der Waals surface area contributed by atoms with Gasteiger partial charge in [0.15, 0.2) is 5.49 Å². The molecule has 0 radical (unpaired) electrons. The fourth-order valence-electron chi connectivity index (χ4n) is 3.67. The zero-order valence-electron chi connectivity index (χ0n) is 18.7. The summed E-state index contributed by atoms with van der Waals surface area (Å²) in [6.07, 6.45) is 2.09. The molecule has 0 atom stereocenters. The molecule has 0 aliphatic carbocycles. The molecule has 0 spiro atoms. The van der Waals surface area contributed by atoms with Crippen LogP contribution in [-0.2, 0) is 11.3 Å². The lowest BCUT2D eigenvalue weighted by Crippen LogP contribution is -2.30. The molecule has 176 valence electrons. The molecule has 1 amide bonds. The van der Waals surface area contributed by atoms with Crippen molar-refractivity contribution in [1.29, 1.82) is 5.26 Å². The molecule has 0 aliphatic heterocycles. The van der Waals surface area contributed by atoms with Crippen LogP contribution in [0.2, 0.25) is 0 Å². The number of hydrogen-bond acceptors (Lipinski definition) is 7. The molecule has 4 rings (SSSR count). The number of carbonyl (C=O) groups is 1.